The predicted octanol–water partition coefficient (Wildman–Crippen LogP) is 2.01. The molecule has 0 saturated heterocycles. The molecule has 1 aliphatic rings. The topological polar surface area (TPSA) is 62.5 Å². The van der Waals surface area contributed by atoms with Gasteiger partial charge in [-0.15, -0.1) is 0 Å². The van der Waals surface area contributed by atoms with Crippen LogP contribution in [-0.4, -0.2) is 16.6 Å². The fourth-order valence-corrected chi connectivity index (χ4v) is 1.86. The van der Waals surface area contributed by atoms with Gasteiger partial charge < -0.3 is 14.8 Å². The van der Waals surface area contributed by atoms with Crippen LogP contribution >= 0.6 is 0 Å². The maximum Gasteiger partial charge on any atom is 0.372 e. The Kier molecular flexibility index (Phi) is 2.52. The summed E-state index contributed by atoms with van der Waals surface area (Å²) in [4.78, 5) is 10.8. The van der Waals surface area contributed by atoms with E-state index in [-0.39, 0.29) is 11.3 Å². The summed E-state index contributed by atoms with van der Waals surface area (Å²) in [6.45, 7) is 2.73. The number of hydrogen-bond acceptors (Lipinski definition) is 3. The van der Waals surface area contributed by atoms with Crippen molar-refractivity contribution in [2.45, 2.75) is 38.3 Å². The molecule has 15 heavy (non-hydrogen) atoms. The fourth-order valence-electron chi connectivity index (χ4n) is 1.86. The zero-order valence-corrected chi connectivity index (χ0v) is 8.75. The first-order valence-electron chi connectivity index (χ1n) is 5.15. The summed E-state index contributed by atoms with van der Waals surface area (Å²) in [5, 5.41) is 12.2. The van der Waals surface area contributed by atoms with E-state index in [9.17, 15) is 4.79 Å². The average molecular weight is 209 g/mol. The maximum atomic E-state index is 10.8. The molecule has 1 aliphatic carbocycles. The van der Waals surface area contributed by atoms with Crippen molar-refractivity contribution in [2.24, 2.45) is 0 Å². The number of nitrogens with one attached hydrogen (secondary N) is 1. The molecule has 2 rings (SSSR count). The van der Waals surface area contributed by atoms with Gasteiger partial charge in [0.15, 0.2) is 0 Å². The van der Waals surface area contributed by atoms with E-state index in [1.807, 2.05) is 0 Å². The van der Waals surface area contributed by atoms with E-state index in [1.165, 1.54) is 12.7 Å². The van der Waals surface area contributed by atoms with Crippen LogP contribution in [0.25, 0.3) is 0 Å². The van der Waals surface area contributed by atoms with Crippen molar-refractivity contribution in [2.75, 3.05) is 0 Å². The lowest BCUT2D eigenvalue weighted by Gasteiger charge is -2.39. The molecule has 0 aromatic carbocycles. The van der Waals surface area contributed by atoms with Crippen LogP contribution < -0.4 is 5.32 Å². The number of rotatable bonds is 4. The van der Waals surface area contributed by atoms with Crippen molar-refractivity contribution in [1.29, 1.82) is 0 Å². The lowest BCUT2D eigenvalue weighted by molar-refractivity contribution is 0.0660. The van der Waals surface area contributed by atoms with E-state index >= 15 is 0 Å². The van der Waals surface area contributed by atoms with Crippen molar-refractivity contribution < 1.29 is 14.3 Å². The SMILES string of the molecule is CC1(NCc2ccoc2C(=O)O)CCC1. The minimum absolute atomic E-state index is 0.0467. The average Bonchev–Trinajstić information content (AvgIpc) is 2.59. The van der Waals surface area contributed by atoms with E-state index in [2.05, 4.69) is 12.2 Å². The number of aromatic carboxylic acids is 1. The highest BCUT2D eigenvalue weighted by Crippen LogP contribution is 2.31. The Balaban J connectivity index is 1.98. The van der Waals surface area contributed by atoms with E-state index in [4.69, 9.17) is 9.52 Å². The molecule has 1 heterocycles. The second-order valence-corrected chi connectivity index (χ2v) is 4.35. The van der Waals surface area contributed by atoms with Gasteiger partial charge in [-0.3, -0.25) is 0 Å². The minimum Gasteiger partial charge on any atom is -0.475 e. The van der Waals surface area contributed by atoms with Crippen LogP contribution in [0.3, 0.4) is 0 Å². The number of hydrogen-bond donors (Lipinski definition) is 2. The van der Waals surface area contributed by atoms with Crippen molar-refractivity contribution >= 4 is 5.97 Å². The maximum absolute atomic E-state index is 10.8. The fraction of sp³-hybridized carbons (Fsp3) is 0.545. The van der Waals surface area contributed by atoms with Crippen LogP contribution in [0, 0.1) is 0 Å². The van der Waals surface area contributed by atoms with Crippen molar-refractivity contribution in [3.63, 3.8) is 0 Å². The number of carboxylic acid groups (broad SMARTS) is 1. The number of carbonyl (C=O) groups is 1. The molecule has 4 nitrogen and oxygen atoms in total. The number of carboxylic acids is 1. The normalized spacial score (nSPS) is 18.5. The van der Waals surface area contributed by atoms with Gasteiger partial charge in [-0.1, -0.05) is 0 Å². The summed E-state index contributed by atoms with van der Waals surface area (Å²) in [6, 6.07) is 1.71. The highest BCUT2D eigenvalue weighted by atomic mass is 16.4. The minimum atomic E-state index is -1.00. The summed E-state index contributed by atoms with van der Waals surface area (Å²) in [5.74, 6) is -0.957. The van der Waals surface area contributed by atoms with E-state index in [0.29, 0.717) is 6.54 Å². The molecule has 82 valence electrons. The molecule has 4 heteroatoms. The zero-order valence-electron chi connectivity index (χ0n) is 8.75. The van der Waals surface area contributed by atoms with Gasteiger partial charge in [0.1, 0.15) is 0 Å². The van der Waals surface area contributed by atoms with Crippen LogP contribution in [0.15, 0.2) is 16.7 Å². The third kappa shape index (κ3) is 2.04. The van der Waals surface area contributed by atoms with Crippen LogP contribution in [0.1, 0.15) is 42.3 Å². The first kappa shape index (κ1) is 10.2. The Hall–Kier alpha value is -1.29. The Bertz CT molecular complexity index is 366. The molecule has 0 radical (unpaired) electrons. The lowest BCUT2D eigenvalue weighted by Crippen LogP contribution is -2.47. The molecule has 1 aromatic heterocycles. The second kappa shape index (κ2) is 3.70. The molecule has 0 amide bonds. The van der Waals surface area contributed by atoms with Gasteiger partial charge in [0.25, 0.3) is 0 Å². The van der Waals surface area contributed by atoms with E-state index < -0.39 is 5.97 Å². The zero-order chi connectivity index (χ0) is 10.9. The molecule has 0 aliphatic heterocycles. The van der Waals surface area contributed by atoms with Crippen LogP contribution in [-0.2, 0) is 6.54 Å². The Labute approximate surface area is 88.3 Å². The molecule has 1 fully saturated rings. The highest BCUT2D eigenvalue weighted by molar-refractivity contribution is 5.86. The molecular formula is C11H15NO3. The second-order valence-electron chi connectivity index (χ2n) is 4.35. The first-order chi connectivity index (χ1) is 7.11. The quantitative estimate of drug-likeness (QED) is 0.796. The molecular weight excluding hydrogens is 194 g/mol. The van der Waals surface area contributed by atoms with Crippen LogP contribution in [0.5, 0.6) is 0 Å². The molecule has 1 aromatic rings. The van der Waals surface area contributed by atoms with Gasteiger partial charge in [0.2, 0.25) is 5.76 Å². The Morgan fingerprint density at radius 2 is 2.40 bits per heavy atom. The number of furan rings is 1. The van der Waals surface area contributed by atoms with Crippen LogP contribution in [0.2, 0.25) is 0 Å². The lowest BCUT2D eigenvalue weighted by atomic mass is 9.78. The molecule has 0 bridgehead atoms. The van der Waals surface area contributed by atoms with E-state index in [1.54, 1.807) is 6.07 Å². The molecule has 0 spiro atoms. The molecule has 2 N–H and O–H groups in total. The monoisotopic (exact) mass is 209 g/mol. The van der Waals surface area contributed by atoms with Gasteiger partial charge >= 0.3 is 5.97 Å². The van der Waals surface area contributed by atoms with Gasteiger partial charge in [-0.25, -0.2) is 4.79 Å². The van der Waals surface area contributed by atoms with Crippen molar-refractivity contribution in [3.8, 4) is 0 Å². The summed E-state index contributed by atoms with van der Waals surface area (Å²) < 4.78 is 4.90. The molecule has 0 atom stereocenters. The van der Waals surface area contributed by atoms with Gasteiger partial charge in [0, 0.05) is 17.6 Å². The van der Waals surface area contributed by atoms with Crippen molar-refractivity contribution in [1.82, 2.24) is 5.32 Å². The molecule has 0 unspecified atom stereocenters. The summed E-state index contributed by atoms with van der Waals surface area (Å²) in [7, 11) is 0. The first-order valence-corrected chi connectivity index (χ1v) is 5.15. The third-order valence-corrected chi connectivity index (χ3v) is 3.10. The van der Waals surface area contributed by atoms with Crippen molar-refractivity contribution in [3.05, 3.63) is 23.7 Å². The largest absolute Gasteiger partial charge is 0.475 e. The smallest absolute Gasteiger partial charge is 0.372 e. The van der Waals surface area contributed by atoms with Crippen LogP contribution in [0.4, 0.5) is 0 Å². The van der Waals surface area contributed by atoms with Gasteiger partial charge in [-0.2, -0.15) is 0 Å². The Morgan fingerprint density at radius 1 is 1.67 bits per heavy atom. The Morgan fingerprint density at radius 3 is 2.93 bits per heavy atom. The highest BCUT2D eigenvalue weighted by Gasteiger charge is 2.31. The van der Waals surface area contributed by atoms with Gasteiger partial charge in [-0.05, 0) is 32.3 Å². The summed E-state index contributed by atoms with van der Waals surface area (Å²) in [5.41, 5.74) is 0.906. The standard InChI is InChI=1S/C11H15NO3/c1-11(4-2-5-11)12-7-8-3-6-15-9(8)10(13)14/h3,6,12H,2,4-5,7H2,1H3,(H,13,14). The summed E-state index contributed by atoms with van der Waals surface area (Å²) >= 11 is 0. The predicted molar refractivity (Wildman–Crippen MR) is 54.8 cm³/mol. The third-order valence-electron chi connectivity index (χ3n) is 3.10. The molecule has 1 saturated carbocycles. The van der Waals surface area contributed by atoms with E-state index in [0.717, 1.165) is 18.4 Å². The van der Waals surface area contributed by atoms with Gasteiger partial charge in [0.05, 0.1) is 6.26 Å². The summed E-state index contributed by atoms with van der Waals surface area (Å²) in [6.07, 6.45) is 4.99.